The summed E-state index contributed by atoms with van der Waals surface area (Å²) in [5.41, 5.74) is 1.10. The molecule has 2 heterocycles. The summed E-state index contributed by atoms with van der Waals surface area (Å²) in [6.45, 7) is 5.49. The number of rotatable bonds is 6. The second kappa shape index (κ2) is 9.81. The molecule has 2 fully saturated rings. The van der Waals surface area contributed by atoms with Gasteiger partial charge < -0.3 is 9.64 Å². The number of halogens is 1. The predicted molar refractivity (Wildman–Crippen MR) is 104 cm³/mol. The minimum atomic E-state index is 0.273. The molecule has 0 saturated carbocycles. The lowest BCUT2D eigenvalue weighted by atomic mass is 10.0. The molecule has 1 amide bonds. The van der Waals surface area contributed by atoms with E-state index < -0.39 is 0 Å². The Kier molecular flexibility index (Phi) is 7.47. The molecule has 0 radical (unpaired) electrons. The highest BCUT2D eigenvalue weighted by atomic mass is 35.5. The van der Waals surface area contributed by atoms with Crippen molar-refractivity contribution in [2.75, 3.05) is 45.1 Å². The van der Waals surface area contributed by atoms with Crippen molar-refractivity contribution in [3.63, 3.8) is 0 Å². The molecule has 0 aromatic heterocycles. The smallest absolute Gasteiger partial charge is 0.232 e. The van der Waals surface area contributed by atoms with E-state index in [1.807, 2.05) is 24.3 Å². The molecule has 2 aliphatic heterocycles. The molecule has 2 aliphatic rings. The largest absolute Gasteiger partial charge is 0.379 e. The first-order chi connectivity index (χ1) is 12.2. The van der Waals surface area contributed by atoms with Crippen molar-refractivity contribution < 1.29 is 9.53 Å². The molecule has 138 valence electrons. The predicted octanol–water partition coefficient (Wildman–Crippen LogP) is 3.29. The van der Waals surface area contributed by atoms with Gasteiger partial charge in [-0.1, -0.05) is 29.8 Å². The van der Waals surface area contributed by atoms with E-state index in [-0.39, 0.29) is 5.91 Å². The zero-order chi connectivity index (χ0) is 17.5. The fourth-order valence-electron chi connectivity index (χ4n) is 3.55. The molecule has 1 atom stereocenters. The van der Waals surface area contributed by atoms with Gasteiger partial charge in [0, 0.05) is 43.0 Å². The van der Waals surface area contributed by atoms with Gasteiger partial charge in [-0.2, -0.15) is 0 Å². The van der Waals surface area contributed by atoms with Crippen LogP contribution in [-0.2, 0) is 15.3 Å². The van der Waals surface area contributed by atoms with Gasteiger partial charge in [0.2, 0.25) is 5.91 Å². The molecule has 2 saturated heterocycles. The third-order valence-corrected chi connectivity index (χ3v) is 6.30. The van der Waals surface area contributed by atoms with Gasteiger partial charge in [0.1, 0.15) is 0 Å². The van der Waals surface area contributed by atoms with Gasteiger partial charge in [-0.25, -0.2) is 0 Å². The Hall–Kier alpha value is -0.750. The number of piperidine rings is 1. The second-order valence-electron chi connectivity index (χ2n) is 6.73. The number of nitrogens with zero attached hydrogens (tertiary/aromatic N) is 2. The van der Waals surface area contributed by atoms with Crippen molar-refractivity contribution in [3.8, 4) is 0 Å². The fourth-order valence-corrected chi connectivity index (χ4v) is 4.74. The second-order valence-corrected chi connectivity index (χ2v) is 8.13. The Morgan fingerprint density at radius 1 is 1.20 bits per heavy atom. The highest BCUT2D eigenvalue weighted by Gasteiger charge is 2.28. The number of ether oxygens (including phenoxy) is 1. The van der Waals surface area contributed by atoms with Crippen molar-refractivity contribution in [2.24, 2.45) is 0 Å². The molecule has 1 aromatic carbocycles. The lowest BCUT2D eigenvalue weighted by molar-refractivity contribution is -0.132. The zero-order valence-electron chi connectivity index (χ0n) is 14.7. The lowest BCUT2D eigenvalue weighted by Gasteiger charge is -2.39. The van der Waals surface area contributed by atoms with Crippen LogP contribution in [-0.4, -0.2) is 66.9 Å². The minimum Gasteiger partial charge on any atom is -0.379 e. The first kappa shape index (κ1) is 19.0. The maximum Gasteiger partial charge on any atom is 0.232 e. The van der Waals surface area contributed by atoms with Crippen LogP contribution < -0.4 is 0 Å². The molecule has 3 rings (SSSR count). The highest BCUT2D eigenvalue weighted by molar-refractivity contribution is 7.99. The summed E-state index contributed by atoms with van der Waals surface area (Å²) < 4.78 is 5.43. The van der Waals surface area contributed by atoms with Crippen molar-refractivity contribution in [3.05, 3.63) is 34.9 Å². The molecule has 0 unspecified atom stereocenters. The van der Waals surface area contributed by atoms with E-state index in [4.69, 9.17) is 16.3 Å². The Labute approximate surface area is 159 Å². The fraction of sp³-hybridized carbons (Fsp3) is 0.632. The molecule has 0 bridgehead atoms. The van der Waals surface area contributed by atoms with E-state index in [1.54, 1.807) is 11.8 Å². The van der Waals surface area contributed by atoms with Gasteiger partial charge in [0.15, 0.2) is 0 Å². The molecule has 25 heavy (non-hydrogen) atoms. The van der Waals surface area contributed by atoms with E-state index >= 15 is 0 Å². The molecule has 1 aromatic rings. The average Bonchev–Trinajstić information content (AvgIpc) is 2.64. The Morgan fingerprint density at radius 2 is 2.00 bits per heavy atom. The number of carbonyl (C=O) groups excluding carboxylic acids is 1. The van der Waals surface area contributed by atoms with Crippen molar-refractivity contribution >= 4 is 29.3 Å². The van der Waals surface area contributed by atoms with Crippen molar-refractivity contribution in [1.29, 1.82) is 0 Å². The molecule has 6 heteroatoms. The van der Waals surface area contributed by atoms with Gasteiger partial charge in [-0.3, -0.25) is 9.69 Å². The van der Waals surface area contributed by atoms with Crippen LogP contribution >= 0.6 is 23.4 Å². The minimum absolute atomic E-state index is 0.273. The third kappa shape index (κ3) is 5.61. The van der Waals surface area contributed by atoms with E-state index in [0.29, 0.717) is 11.8 Å². The number of benzene rings is 1. The number of thioether (sulfide) groups is 1. The topological polar surface area (TPSA) is 32.8 Å². The van der Waals surface area contributed by atoms with E-state index in [0.717, 1.165) is 68.6 Å². The molecule has 0 aliphatic carbocycles. The number of amides is 1. The third-order valence-electron chi connectivity index (χ3n) is 4.96. The van der Waals surface area contributed by atoms with E-state index in [2.05, 4.69) is 9.80 Å². The highest BCUT2D eigenvalue weighted by Crippen LogP contribution is 2.23. The molecule has 0 spiro atoms. The monoisotopic (exact) mass is 382 g/mol. The van der Waals surface area contributed by atoms with Crippen LogP contribution in [0.15, 0.2) is 24.3 Å². The molecular weight excluding hydrogens is 356 g/mol. The lowest BCUT2D eigenvalue weighted by Crippen LogP contribution is -2.51. The molecule has 4 nitrogen and oxygen atoms in total. The van der Waals surface area contributed by atoms with Crippen LogP contribution in [0.2, 0.25) is 5.02 Å². The van der Waals surface area contributed by atoms with Gasteiger partial charge in [0.25, 0.3) is 0 Å². The number of hydrogen-bond acceptors (Lipinski definition) is 4. The van der Waals surface area contributed by atoms with Gasteiger partial charge in [-0.05, 0) is 30.9 Å². The molecular formula is C19H27ClN2O2S. The first-order valence-corrected chi connectivity index (χ1v) is 10.7. The van der Waals surface area contributed by atoms with E-state index in [1.165, 1.54) is 6.42 Å². The van der Waals surface area contributed by atoms with Crippen LogP contribution in [0.5, 0.6) is 0 Å². The van der Waals surface area contributed by atoms with Crippen molar-refractivity contribution in [1.82, 2.24) is 9.80 Å². The zero-order valence-corrected chi connectivity index (χ0v) is 16.2. The van der Waals surface area contributed by atoms with Crippen LogP contribution in [0, 0.1) is 0 Å². The number of carbonyl (C=O) groups is 1. The normalized spacial score (nSPS) is 22.1. The SMILES string of the molecule is O=C(CSCc1ccccc1Cl)N1CCCC[C@H]1CN1CCOCC1. The average molecular weight is 383 g/mol. The Bertz CT molecular complexity index is 566. The van der Waals surface area contributed by atoms with Crippen LogP contribution in [0.4, 0.5) is 0 Å². The maximum absolute atomic E-state index is 12.8. The summed E-state index contributed by atoms with van der Waals surface area (Å²) in [7, 11) is 0. The summed E-state index contributed by atoms with van der Waals surface area (Å²) in [4.78, 5) is 17.3. The summed E-state index contributed by atoms with van der Waals surface area (Å²) in [6.07, 6.45) is 3.48. The van der Waals surface area contributed by atoms with Crippen LogP contribution in [0.1, 0.15) is 24.8 Å². The first-order valence-electron chi connectivity index (χ1n) is 9.15. The number of morpholine rings is 1. The number of hydrogen-bond donors (Lipinski definition) is 0. The summed E-state index contributed by atoms with van der Waals surface area (Å²) in [5.74, 6) is 1.59. The number of likely N-dealkylation sites (tertiary alicyclic amines) is 1. The quantitative estimate of drug-likeness (QED) is 0.755. The Balaban J connectivity index is 1.49. The maximum atomic E-state index is 12.8. The standard InChI is InChI=1S/C19H27ClN2O2S/c20-18-7-2-1-5-16(18)14-25-15-19(23)22-8-4-3-6-17(22)13-21-9-11-24-12-10-21/h1-2,5,7,17H,3-4,6,8-15H2/t17-/m0/s1. The van der Waals surface area contributed by atoms with E-state index in [9.17, 15) is 4.79 Å². The molecule has 0 N–H and O–H groups in total. The van der Waals surface area contributed by atoms with Crippen molar-refractivity contribution in [2.45, 2.75) is 31.1 Å². The summed E-state index contributed by atoms with van der Waals surface area (Å²) in [6, 6.07) is 8.22. The summed E-state index contributed by atoms with van der Waals surface area (Å²) in [5, 5.41) is 0.783. The summed E-state index contributed by atoms with van der Waals surface area (Å²) >= 11 is 7.86. The van der Waals surface area contributed by atoms with Crippen LogP contribution in [0.3, 0.4) is 0 Å². The van der Waals surface area contributed by atoms with Crippen LogP contribution in [0.25, 0.3) is 0 Å². The van der Waals surface area contributed by atoms with Gasteiger partial charge >= 0.3 is 0 Å². The Morgan fingerprint density at radius 3 is 2.80 bits per heavy atom. The van der Waals surface area contributed by atoms with Gasteiger partial charge in [-0.15, -0.1) is 11.8 Å². The van der Waals surface area contributed by atoms with Gasteiger partial charge in [0.05, 0.1) is 19.0 Å².